The first-order valence-corrected chi connectivity index (χ1v) is 6.15. The van der Waals surface area contributed by atoms with E-state index in [1.165, 1.54) is 12.1 Å². The third-order valence-corrected chi connectivity index (χ3v) is 3.64. The predicted octanol–water partition coefficient (Wildman–Crippen LogP) is 1.39. The summed E-state index contributed by atoms with van der Waals surface area (Å²) in [7, 11) is 1.60. The lowest BCUT2D eigenvalue weighted by molar-refractivity contribution is -0.384. The zero-order valence-electron chi connectivity index (χ0n) is 10.7. The molecule has 0 atom stereocenters. The maximum atomic E-state index is 12.2. The number of carbonyl (C=O) groups excluding carboxylic acids is 1. The van der Waals surface area contributed by atoms with Gasteiger partial charge in [-0.1, -0.05) is 12.1 Å². The van der Waals surface area contributed by atoms with Crippen LogP contribution in [0.4, 0.5) is 5.69 Å². The smallest absolute Gasteiger partial charge is 0.269 e. The maximum absolute atomic E-state index is 12.2. The summed E-state index contributed by atoms with van der Waals surface area (Å²) in [6, 6.07) is 6.21. The maximum Gasteiger partial charge on any atom is 0.269 e. The Labute approximate surface area is 110 Å². The van der Waals surface area contributed by atoms with Gasteiger partial charge in [-0.25, -0.2) is 0 Å². The van der Waals surface area contributed by atoms with Crippen molar-refractivity contribution in [1.82, 2.24) is 5.32 Å². The fourth-order valence-corrected chi connectivity index (χ4v) is 2.51. The van der Waals surface area contributed by atoms with Gasteiger partial charge in [-0.15, -0.1) is 0 Å². The summed E-state index contributed by atoms with van der Waals surface area (Å²) in [6.45, 7) is 1.04. The van der Waals surface area contributed by atoms with Crippen LogP contribution in [0, 0.1) is 10.1 Å². The van der Waals surface area contributed by atoms with Crippen molar-refractivity contribution in [1.29, 1.82) is 0 Å². The third kappa shape index (κ3) is 2.44. The van der Waals surface area contributed by atoms with Crippen molar-refractivity contribution < 1.29 is 14.5 Å². The van der Waals surface area contributed by atoms with E-state index in [-0.39, 0.29) is 11.6 Å². The molecule has 0 spiro atoms. The number of hydrogen-bond acceptors (Lipinski definition) is 4. The highest BCUT2D eigenvalue weighted by molar-refractivity contribution is 5.88. The summed E-state index contributed by atoms with van der Waals surface area (Å²) in [6.07, 6.45) is 1.18. The van der Waals surface area contributed by atoms with Crippen LogP contribution in [0.1, 0.15) is 18.4 Å². The average Bonchev–Trinajstić information content (AvgIpc) is 2.47. The average molecular weight is 264 g/mol. The van der Waals surface area contributed by atoms with E-state index in [9.17, 15) is 14.9 Å². The number of benzene rings is 1. The molecule has 1 N–H and O–H groups in total. The van der Waals surface area contributed by atoms with E-state index in [2.05, 4.69) is 5.32 Å². The van der Waals surface area contributed by atoms with Gasteiger partial charge in [0.2, 0.25) is 5.91 Å². The molecule has 1 saturated heterocycles. The van der Waals surface area contributed by atoms with Crippen LogP contribution in [-0.2, 0) is 14.9 Å². The van der Waals surface area contributed by atoms with Gasteiger partial charge in [0.15, 0.2) is 0 Å². The summed E-state index contributed by atoms with van der Waals surface area (Å²) < 4.78 is 5.31. The topological polar surface area (TPSA) is 81.5 Å². The second-order valence-corrected chi connectivity index (χ2v) is 4.58. The van der Waals surface area contributed by atoms with E-state index < -0.39 is 10.3 Å². The molecular formula is C13H16N2O4. The lowest BCUT2D eigenvalue weighted by Gasteiger charge is -2.35. The van der Waals surface area contributed by atoms with E-state index in [0.717, 1.165) is 5.56 Å². The molecule has 0 saturated carbocycles. The Balaban J connectivity index is 2.38. The number of hydrogen-bond donors (Lipinski definition) is 1. The first kappa shape index (κ1) is 13.5. The van der Waals surface area contributed by atoms with Gasteiger partial charge in [0.1, 0.15) is 0 Å². The van der Waals surface area contributed by atoms with Gasteiger partial charge in [0.25, 0.3) is 5.69 Å². The van der Waals surface area contributed by atoms with Crippen molar-refractivity contribution in [2.75, 3.05) is 20.3 Å². The molecule has 0 radical (unpaired) electrons. The Bertz CT molecular complexity index is 478. The fourth-order valence-electron chi connectivity index (χ4n) is 2.51. The van der Waals surface area contributed by atoms with Crippen LogP contribution < -0.4 is 5.32 Å². The van der Waals surface area contributed by atoms with Gasteiger partial charge in [-0.05, 0) is 18.4 Å². The minimum atomic E-state index is -0.637. The van der Waals surface area contributed by atoms with Crippen LogP contribution in [-0.4, -0.2) is 31.1 Å². The number of likely N-dealkylation sites (N-methyl/N-ethyl adjacent to an activating group) is 1. The van der Waals surface area contributed by atoms with E-state index in [1.54, 1.807) is 19.2 Å². The van der Waals surface area contributed by atoms with Crippen molar-refractivity contribution in [3.63, 3.8) is 0 Å². The highest BCUT2D eigenvalue weighted by Crippen LogP contribution is 2.35. The Morgan fingerprint density at radius 2 is 1.89 bits per heavy atom. The number of carbonyl (C=O) groups is 1. The summed E-state index contributed by atoms with van der Waals surface area (Å²) in [5.74, 6) is -0.0651. The van der Waals surface area contributed by atoms with E-state index in [1.807, 2.05) is 0 Å². The van der Waals surface area contributed by atoms with Crippen molar-refractivity contribution in [2.45, 2.75) is 18.3 Å². The Hall–Kier alpha value is -1.95. The Morgan fingerprint density at radius 1 is 1.32 bits per heavy atom. The second kappa shape index (κ2) is 5.36. The number of nitro benzene ring substituents is 1. The number of amides is 1. The Kier molecular flexibility index (Phi) is 3.80. The molecule has 102 valence electrons. The fraction of sp³-hybridized carbons (Fsp3) is 0.462. The first-order chi connectivity index (χ1) is 9.10. The largest absolute Gasteiger partial charge is 0.381 e. The lowest BCUT2D eigenvalue weighted by Crippen LogP contribution is -2.46. The molecule has 1 fully saturated rings. The highest BCUT2D eigenvalue weighted by atomic mass is 16.6. The summed E-state index contributed by atoms with van der Waals surface area (Å²) >= 11 is 0. The molecule has 1 aromatic rings. The van der Waals surface area contributed by atoms with Crippen LogP contribution >= 0.6 is 0 Å². The zero-order valence-corrected chi connectivity index (χ0v) is 10.7. The van der Waals surface area contributed by atoms with Crippen molar-refractivity contribution in [2.24, 2.45) is 0 Å². The SMILES string of the molecule is CNC(=O)C1(c2ccc([N+](=O)[O-])cc2)CCOCC1. The standard InChI is InChI=1S/C13H16N2O4/c1-14-12(16)13(6-8-19-9-7-13)10-2-4-11(5-3-10)15(17)18/h2-5H,6-9H2,1H3,(H,14,16). The van der Waals surface area contributed by atoms with Gasteiger partial charge < -0.3 is 10.1 Å². The van der Waals surface area contributed by atoms with Crippen LogP contribution in [0.3, 0.4) is 0 Å². The molecule has 1 aromatic carbocycles. The third-order valence-electron chi connectivity index (χ3n) is 3.64. The number of nitrogens with zero attached hydrogens (tertiary/aromatic N) is 1. The van der Waals surface area contributed by atoms with Crippen LogP contribution in [0.2, 0.25) is 0 Å². The molecule has 19 heavy (non-hydrogen) atoms. The zero-order chi connectivity index (χ0) is 13.9. The molecule has 1 aliphatic heterocycles. The normalized spacial score (nSPS) is 17.7. The summed E-state index contributed by atoms with van der Waals surface area (Å²) in [5, 5.41) is 13.3. The van der Waals surface area contributed by atoms with Gasteiger partial charge in [0, 0.05) is 32.4 Å². The van der Waals surface area contributed by atoms with E-state index in [0.29, 0.717) is 26.1 Å². The Morgan fingerprint density at radius 3 is 2.37 bits per heavy atom. The molecule has 6 heteroatoms. The highest BCUT2D eigenvalue weighted by Gasteiger charge is 2.41. The second-order valence-electron chi connectivity index (χ2n) is 4.58. The van der Waals surface area contributed by atoms with Crippen molar-refractivity contribution >= 4 is 11.6 Å². The number of non-ortho nitro benzene ring substituents is 1. The van der Waals surface area contributed by atoms with Crippen LogP contribution in [0.5, 0.6) is 0 Å². The van der Waals surface area contributed by atoms with Gasteiger partial charge >= 0.3 is 0 Å². The van der Waals surface area contributed by atoms with E-state index in [4.69, 9.17) is 4.74 Å². The minimum Gasteiger partial charge on any atom is -0.381 e. The molecule has 0 aromatic heterocycles. The number of ether oxygens (including phenoxy) is 1. The summed E-state index contributed by atoms with van der Waals surface area (Å²) in [5.41, 5.74) is 0.200. The van der Waals surface area contributed by atoms with Crippen LogP contribution in [0.15, 0.2) is 24.3 Å². The molecule has 0 bridgehead atoms. The van der Waals surface area contributed by atoms with Gasteiger partial charge in [-0.2, -0.15) is 0 Å². The molecular weight excluding hydrogens is 248 g/mol. The number of rotatable bonds is 3. The van der Waals surface area contributed by atoms with E-state index >= 15 is 0 Å². The number of nitro groups is 1. The quantitative estimate of drug-likeness (QED) is 0.660. The van der Waals surface area contributed by atoms with Gasteiger partial charge in [0.05, 0.1) is 10.3 Å². The predicted molar refractivity (Wildman–Crippen MR) is 68.9 cm³/mol. The molecule has 1 amide bonds. The minimum absolute atomic E-state index is 0.0304. The number of nitrogens with one attached hydrogen (secondary N) is 1. The molecule has 2 rings (SSSR count). The lowest BCUT2D eigenvalue weighted by atomic mass is 9.73. The van der Waals surface area contributed by atoms with Gasteiger partial charge in [-0.3, -0.25) is 14.9 Å². The molecule has 1 heterocycles. The van der Waals surface area contributed by atoms with Crippen molar-refractivity contribution in [3.05, 3.63) is 39.9 Å². The molecule has 1 aliphatic rings. The molecule has 0 aliphatic carbocycles. The molecule has 6 nitrogen and oxygen atoms in total. The monoisotopic (exact) mass is 264 g/mol. The summed E-state index contributed by atoms with van der Waals surface area (Å²) in [4.78, 5) is 22.4. The first-order valence-electron chi connectivity index (χ1n) is 6.15. The van der Waals surface area contributed by atoms with Crippen molar-refractivity contribution in [3.8, 4) is 0 Å². The van der Waals surface area contributed by atoms with Crippen LogP contribution in [0.25, 0.3) is 0 Å². The molecule has 0 unspecified atom stereocenters.